The van der Waals surface area contributed by atoms with Gasteiger partial charge in [-0.2, -0.15) is 0 Å². The Morgan fingerprint density at radius 2 is 1.92 bits per heavy atom. The van der Waals surface area contributed by atoms with Crippen molar-refractivity contribution < 1.29 is 4.79 Å². The third kappa shape index (κ3) is 2.59. The minimum Gasteiger partial charge on any atom is -0.282 e. The first-order valence-electron chi connectivity index (χ1n) is 4.25. The van der Waals surface area contributed by atoms with Gasteiger partial charge in [0, 0.05) is 5.56 Å². The van der Waals surface area contributed by atoms with Gasteiger partial charge in [0.25, 0.3) is 0 Å². The largest absolute Gasteiger partial charge is 0.282 e. The standard InChI is InChI=1S/C11H14OS/c1-11(2,3)9-6-4-5-8(7-9)10(12)13/h4-7H,1-3H3,(H,12,13). The lowest BCUT2D eigenvalue weighted by molar-refractivity contribution is 0.109. The third-order valence-electron chi connectivity index (χ3n) is 1.98. The van der Waals surface area contributed by atoms with Crippen molar-refractivity contribution >= 4 is 17.7 Å². The van der Waals surface area contributed by atoms with Gasteiger partial charge in [0.05, 0.1) is 0 Å². The Kier molecular flexibility index (Phi) is 2.81. The van der Waals surface area contributed by atoms with Crippen molar-refractivity contribution in [3.05, 3.63) is 35.4 Å². The summed E-state index contributed by atoms with van der Waals surface area (Å²) >= 11 is 3.79. The number of hydrogen-bond acceptors (Lipinski definition) is 1. The van der Waals surface area contributed by atoms with Gasteiger partial charge in [0.1, 0.15) is 0 Å². The molecule has 0 aliphatic heterocycles. The van der Waals surface area contributed by atoms with E-state index in [-0.39, 0.29) is 10.5 Å². The maximum Gasteiger partial charge on any atom is 0.216 e. The summed E-state index contributed by atoms with van der Waals surface area (Å²) in [7, 11) is 0. The van der Waals surface area contributed by atoms with Crippen LogP contribution >= 0.6 is 12.6 Å². The van der Waals surface area contributed by atoms with Crippen LogP contribution in [0.25, 0.3) is 0 Å². The normalized spacial score (nSPS) is 11.4. The van der Waals surface area contributed by atoms with E-state index >= 15 is 0 Å². The average Bonchev–Trinajstić information content (AvgIpc) is 2.03. The van der Waals surface area contributed by atoms with Crippen molar-refractivity contribution in [2.45, 2.75) is 26.2 Å². The molecule has 1 rings (SSSR count). The molecule has 0 amide bonds. The first kappa shape index (κ1) is 10.3. The van der Waals surface area contributed by atoms with Crippen LogP contribution in [0.2, 0.25) is 0 Å². The molecule has 0 aromatic heterocycles. The van der Waals surface area contributed by atoms with E-state index in [9.17, 15) is 4.79 Å². The Labute approximate surface area is 84.6 Å². The Morgan fingerprint density at radius 3 is 2.38 bits per heavy atom. The molecule has 1 aromatic carbocycles. The lowest BCUT2D eigenvalue weighted by Gasteiger charge is -2.19. The molecule has 1 nitrogen and oxygen atoms in total. The Balaban J connectivity index is 3.13. The maximum absolute atomic E-state index is 11.0. The van der Waals surface area contributed by atoms with E-state index in [1.807, 2.05) is 18.2 Å². The number of carbonyl (C=O) groups is 1. The molecule has 0 N–H and O–H groups in total. The highest BCUT2D eigenvalue weighted by molar-refractivity contribution is 7.97. The molecule has 13 heavy (non-hydrogen) atoms. The molecule has 0 spiro atoms. The van der Waals surface area contributed by atoms with Gasteiger partial charge in [-0.25, -0.2) is 0 Å². The second-order valence-corrected chi connectivity index (χ2v) is 4.54. The van der Waals surface area contributed by atoms with E-state index in [0.29, 0.717) is 5.56 Å². The second-order valence-electron chi connectivity index (χ2n) is 4.14. The van der Waals surface area contributed by atoms with E-state index in [2.05, 4.69) is 33.4 Å². The zero-order chi connectivity index (χ0) is 10.1. The monoisotopic (exact) mass is 194 g/mol. The fraction of sp³-hybridized carbons (Fsp3) is 0.364. The highest BCUT2D eigenvalue weighted by Gasteiger charge is 2.14. The molecule has 0 heterocycles. The molecule has 0 radical (unpaired) electrons. The Hall–Kier alpha value is -0.760. The first-order chi connectivity index (χ1) is 5.91. The van der Waals surface area contributed by atoms with Crippen LogP contribution in [-0.2, 0) is 5.41 Å². The lowest BCUT2D eigenvalue weighted by Crippen LogP contribution is -2.11. The molecule has 70 valence electrons. The zero-order valence-electron chi connectivity index (χ0n) is 8.16. The van der Waals surface area contributed by atoms with Crippen LogP contribution < -0.4 is 0 Å². The minimum atomic E-state index is -0.175. The molecular weight excluding hydrogens is 180 g/mol. The topological polar surface area (TPSA) is 17.1 Å². The number of thiol groups is 1. The molecule has 0 bridgehead atoms. The van der Waals surface area contributed by atoms with Gasteiger partial charge in [-0.05, 0) is 17.0 Å². The van der Waals surface area contributed by atoms with Crippen molar-refractivity contribution in [3.63, 3.8) is 0 Å². The second kappa shape index (κ2) is 3.54. The number of hydrogen-bond donors (Lipinski definition) is 1. The highest BCUT2D eigenvalue weighted by Crippen LogP contribution is 2.23. The smallest absolute Gasteiger partial charge is 0.216 e. The van der Waals surface area contributed by atoms with Crippen LogP contribution in [0.15, 0.2) is 24.3 Å². The third-order valence-corrected chi connectivity index (χ3v) is 2.23. The van der Waals surface area contributed by atoms with Crippen LogP contribution in [0.1, 0.15) is 36.7 Å². The van der Waals surface area contributed by atoms with E-state index < -0.39 is 0 Å². The van der Waals surface area contributed by atoms with E-state index in [1.165, 1.54) is 0 Å². The van der Waals surface area contributed by atoms with E-state index in [1.54, 1.807) is 6.07 Å². The molecule has 0 saturated heterocycles. The van der Waals surface area contributed by atoms with Gasteiger partial charge in [0.15, 0.2) is 0 Å². The van der Waals surface area contributed by atoms with Crippen molar-refractivity contribution in [2.24, 2.45) is 0 Å². The van der Waals surface area contributed by atoms with Gasteiger partial charge in [0.2, 0.25) is 5.12 Å². The van der Waals surface area contributed by atoms with Crippen molar-refractivity contribution in [3.8, 4) is 0 Å². The maximum atomic E-state index is 11.0. The summed E-state index contributed by atoms with van der Waals surface area (Å²) in [5, 5.41) is -0.175. The molecular formula is C11H14OS. The fourth-order valence-electron chi connectivity index (χ4n) is 1.12. The first-order valence-corrected chi connectivity index (χ1v) is 4.70. The number of carbonyl (C=O) groups excluding carboxylic acids is 1. The van der Waals surface area contributed by atoms with Gasteiger partial charge in [-0.1, -0.05) is 39.0 Å². The summed E-state index contributed by atoms with van der Waals surface area (Å²) in [5.41, 5.74) is 1.90. The van der Waals surface area contributed by atoms with Crippen molar-refractivity contribution in [1.29, 1.82) is 0 Å². The van der Waals surface area contributed by atoms with Gasteiger partial charge in [-0.3, -0.25) is 4.79 Å². The predicted octanol–water partition coefficient (Wildman–Crippen LogP) is 3.05. The molecule has 2 heteroatoms. The molecule has 0 fully saturated rings. The zero-order valence-corrected chi connectivity index (χ0v) is 9.06. The average molecular weight is 194 g/mol. The van der Waals surface area contributed by atoms with Gasteiger partial charge < -0.3 is 0 Å². The SMILES string of the molecule is CC(C)(C)c1cccc(C(=O)S)c1. The highest BCUT2D eigenvalue weighted by atomic mass is 32.1. The van der Waals surface area contributed by atoms with Crippen LogP contribution in [0.4, 0.5) is 0 Å². The molecule has 0 unspecified atom stereocenters. The summed E-state index contributed by atoms with van der Waals surface area (Å²) in [6, 6.07) is 7.60. The summed E-state index contributed by atoms with van der Waals surface area (Å²) in [4.78, 5) is 11.0. The summed E-state index contributed by atoms with van der Waals surface area (Å²) < 4.78 is 0. The molecule has 0 atom stereocenters. The Morgan fingerprint density at radius 1 is 1.31 bits per heavy atom. The van der Waals surface area contributed by atoms with Crippen LogP contribution in [0, 0.1) is 0 Å². The molecule has 0 saturated carbocycles. The molecule has 1 aromatic rings. The summed E-state index contributed by atoms with van der Waals surface area (Å²) in [5.74, 6) is 0. The van der Waals surface area contributed by atoms with Gasteiger partial charge in [-0.15, -0.1) is 12.6 Å². The number of benzene rings is 1. The molecule has 0 aliphatic rings. The van der Waals surface area contributed by atoms with Crippen LogP contribution in [0.5, 0.6) is 0 Å². The number of rotatable bonds is 1. The summed E-state index contributed by atoms with van der Waals surface area (Å²) in [6.07, 6.45) is 0. The van der Waals surface area contributed by atoms with Gasteiger partial charge >= 0.3 is 0 Å². The van der Waals surface area contributed by atoms with Crippen molar-refractivity contribution in [2.75, 3.05) is 0 Å². The minimum absolute atomic E-state index is 0.0826. The Bertz CT molecular complexity index is 323. The molecule has 0 aliphatic carbocycles. The van der Waals surface area contributed by atoms with Crippen LogP contribution in [-0.4, -0.2) is 5.12 Å². The quantitative estimate of drug-likeness (QED) is 0.680. The predicted molar refractivity (Wildman–Crippen MR) is 58.5 cm³/mol. The fourth-order valence-corrected chi connectivity index (χ4v) is 1.26. The van der Waals surface area contributed by atoms with E-state index in [4.69, 9.17) is 0 Å². The lowest BCUT2D eigenvalue weighted by atomic mass is 9.86. The van der Waals surface area contributed by atoms with Crippen molar-refractivity contribution in [1.82, 2.24) is 0 Å². The van der Waals surface area contributed by atoms with Crippen LogP contribution in [0.3, 0.4) is 0 Å². The van der Waals surface area contributed by atoms with E-state index in [0.717, 1.165) is 5.56 Å². The summed E-state index contributed by atoms with van der Waals surface area (Å²) in [6.45, 7) is 6.36.